The molecule has 0 aliphatic rings. The first-order chi connectivity index (χ1) is 9.86. The molecule has 1 aromatic rings. The highest BCUT2D eigenvalue weighted by Crippen LogP contribution is 2.19. The standard InChI is InChI=1S/C16H24N2O3/c1-4-17-16(2,3)15(21)18-13(10-11-14(19)20)12-8-6-5-7-9-12/h5-9,13,17H,4,10-11H2,1-3H3,(H,18,21)(H,19,20). The Labute approximate surface area is 125 Å². The van der Waals surface area contributed by atoms with Gasteiger partial charge in [0.1, 0.15) is 0 Å². The molecule has 0 spiro atoms. The summed E-state index contributed by atoms with van der Waals surface area (Å²) >= 11 is 0. The summed E-state index contributed by atoms with van der Waals surface area (Å²) in [6.07, 6.45) is 0.384. The van der Waals surface area contributed by atoms with Crippen molar-refractivity contribution < 1.29 is 14.7 Å². The maximum atomic E-state index is 12.4. The average molecular weight is 292 g/mol. The molecule has 0 aliphatic carbocycles. The molecular formula is C16H24N2O3. The fraction of sp³-hybridized carbons (Fsp3) is 0.500. The largest absolute Gasteiger partial charge is 0.481 e. The van der Waals surface area contributed by atoms with Gasteiger partial charge >= 0.3 is 5.97 Å². The Morgan fingerprint density at radius 2 is 1.86 bits per heavy atom. The molecule has 0 aliphatic heterocycles. The van der Waals surface area contributed by atoms with Crippen LogP contribution < -0.4 is 10.6 Å². The Morgan fingerprint density at radius 1 is 1.24 bits per heavy atom. The van der Waals surface area contributed by atoms with Crippen molar-refractivity contribution in [3.05, 3.63) is 35.9 Å². The molecule has 1 unspecified atom stereocenters. The van der Waals surface area contributed by atoms with Gasteiger partial charge in [0.05, 0.1) is 11.6 Å². The van der Waals surface area contributed by atoms with E-state index in [4.69, 9.17) is 5.11 Å². The van der Waals surface area contributed by atoms with E-state index in [1.54, 1.807) is 0 Å². The molecule has 0 saturated carbocycles. The molecule has 116 valence electrons. The number of aliphatic carboxylic acids is 1. The van der Waals surface area contributed by atoms with Gasteiger partial charge < -0.3 is 15.7 Å². The smallest absolute Gasteiger partial charge is 0.303 e. The zero-order chi connectivity index (χ0) is 15.9. The summed E-state index contributed by atoms with van der Waals surface area (Å²) in [6, 6.07) is 9.14. The number of nitrogens with one attached hydrogen (secondary N) is 2. The average Bonchev–Trinajstić information content (AvgIpc) is 2.43. The van der Waals surface area contributed by atoms with Gasteiger partial charge in [-0.05, 0) is 32.4 Å². The summed E-state index contributed by atoms with van der Waals surface area (Å²) in [5, 5.41) is 14.9. The number of benzene rings is 1. The Morgan fingerprint density at radius 3 is 2.38 bits per heavy atom. The highest BCUT2D eigenvalue weighted by Gasteiger charge is 2.28. The molecule has 0 bridgehead atoms. The lowest BCUT2D eigenvalue weighted by molar-refractivity contribution is -0.137. The molecule has 1 rings (SSSR count). The van der Waals surface area contributed by atoms with Crippen molar-refractivity contribution in [3.8, 4) is 0 Å². The lowest BCUT2D eigenvalue weighted by atomic mass is 9.98. The minimum absolute atomic E-state index is 0.0154. The van der Waals surface area contributed by atoms with Crippen LogP contribution in [0.15, 0.2) is 30.3 Å². The quantitative estimate of drug-likeness (QED) is 0.685. The molecule has 1 atom stereocenters. The van der Waals surface area contributed by atoms with E-state index >= 15 is 0 Å². The predicted octanol–water partition coefficient (Wildman–Crippen LogP) is 2.10. The van der Waals surface area contributed by atoms with Gasteiger partial charge in [-0.1, -0.05) is 37.3 Å². The van der Waals surface area contributed by atoms with Crippen molar-refractivity contribution in [1.82, 2.24) is 10.6 Å². The number of likely N-dealkylation sites (N-methyl/N-ethyl adjacent to an activating group) is 1. The third kappa shape index (κ3) is 5.55. The van der Waals surface area contributed by atoms with Crippen LogP contribution in [0.5, 0.6) is 0 Å². The number of hydrogen-bond acceptors (Lipinski definition) is 3. The second-order valence-electron chi connectivity index (χ2n) is 5.52. The lowest BCUT2D eigenvalue weighted by Crippen LogP contribution is -2.53. The molecule has 0 fully saturated rings. The number of carbonyl (C=O) groups is 2. The van der Waals surface area contributed by atoms with Crippen LogP contribution >= 0.6 is 0 Å². The van der Waals surface area contributed by atoms with Gasteiger partial charge in [-0.25, -0.2) is 0 Å². The predicted molar refractivity (Wildman–Crippen MR) is 82.0 cm³/mol. The maximum Gasteiger partial charge on any atom is 0.303 e. The van der Waals surface area contributed by atoms with Crippen molar-refractivity contribution in [2.24, 2.45) is 0 Å². The van der Waals surface area contributed by atoms with Crippen molar-refractivity contribution in [2.75, 3.05) is 6.54 Å². The first-order valence-electron chi connectivity index (χ1n) is 7.19. The van der Waals surface area contributed by atoms with Crippen LogP contribution in [0.4, 0.5) is 0 Å². The topological polar surface area (TPSA) is 78.4 Å². The van der Waals surface area contributed by atoms with Gasteiger partial charge in [0.25, 0.3) is 0 Å². The Hall–Kier alpha value is -1.88. The summed E-state index contributed by atoms with van der Waals surface area (Å²) in [5.74, 6) is -1.00. The minimum Gasteiger partial charge on any atom is -0.481 e. The summed E-state index contributed by atoms with van der Waals surface area (Å²) in [6.45, 7) is 6.25. The van der Waals surface area contributed by atoms with Crippen molar-refractivity contribution in [3.63, 3.8) is 0 Å². The van der Waals surface area contributed by atoms with E-state index in [-0.39, 0.29) is 18.4 Å². The monoisotopic (exact) mass is 292 g/mol. The van der Waals surface area contributed by atoms with E-state index in [0.717, 1.165) is 5.56 Å². The third-order valence-electron chi connectivity index (χ3n) is 3.34. The van der Waals surface area contributed by atoms with Gasteiger partial charge in [0.2, 0.25) is 5.91 Å². The summed E-state index contributed by atoms with van der Waals surface area (Å²) in [4.78, 5) is 23.2. The Bertz CT molecular complexity index is 472. The van der Waals surface area contributed by atoms with Crippen molar-refractivity contribution >= 4 is 11.9 Å². The number of carboxylic acids is 1. The highest BCUT2D eigenvalue weighted by atomic mass is 16.4. The number of hydrogen-bond donors (Lipinski definition) is 3. The van der Waals surface area contributed by atoms with Gasteiger partial charge in [-0.3, -0.25) is 9.59 Å². The lowest BCUT2D eigenvalue weighted by Gasteiger charge is -2.28. The number of carbonyl (C=O) groups excluding carboxylic acids is 1. The van der Waals surface area contributed by atoms with Crippen LogP contribution in [0, 0.1) is 0 Å². The first-order valence-corrected chi connectivity index (χ1v) is 7.19. The third-order valence-corrected chi connectivity index (χ3v) is 3.34. The molecule has 5 heteroatoms. The highest BCUT2D eigenvalue weighted by molar-refractivity contribution is 5.85. The molecule has 21 heavy (non-hydrogen) atoms. The fourth-order valence-electron chi connectivity index (χ4n) is 2.14. The summed E-state index contributed by atoms with van der Waals surface area (Å²) in [7, 11) is 0. The second kappa shape index (κ2) is 7.78. The van der Waals surface area contributed by atoms with E-state index in [9.17, 15) is 9.59 Å². The van der Waals surface area contributed by atoms with Crippen LogP contribution in [-0.2, 0) is 9.59 Å². The van der Waals surface area contributed by atoms with Crippen molar-refractivity contribution in [2.45, 2.75) is 45.2 Å². The molecule has 1 aromatic carbocycles. The number of carboxylic acid groups (broad SMARTS) is 1. The van der Waals surface area contributed by atoms with E-state index in [2.05, 4.69) is 10.6 Å². The van der Waals surface area contributed by atoms with Gasteiger partial charge in [0.15, 0.2) is 0 Å². The minimum atomic E-state index is -0.865. The van der Waals surface area contributed by atoms with Gasteiger partial charge in [-0.2, -0.15) is 0 Å². The van der Waals surface area contributed by atoms with Crippen molar-refractivity contribution in [1.29, 1.82) is 0 Å². The maximum absolute atomic E-state index is 12.4. The van der Waals surface area contributed by atoms with Crippen LogP contribution in [-0.4, -0.2) is 29.1 Å². The molecule has 0 saturated heterocycles. The van der Waals surface area contributed by atoms with E-state index in [0.29, 0.717) is 13.0 Å². The molecule has 0 radical (unpaired) electrons. The second-order valence-corrected chi connectivity index (χ2v) is 5.52. The van der Waals surface area contributed by atoms with Gasteiger partial charge in [0, 0.05) is 6.42 Å². The normalized spacial score (nSPS) is 12.7. The van der Waals surface area contributed by atoms with Crippen LogP contribution in [0.25, 0.3) is 0 Å². The van der Waals surface area contributed by atoms with Crippen LogP contribution in [0.2, 0.25) is 0 Å². The molecule has 0 heterocycles. The number of rotatable bonds is 8. The zero-order valence-corrected chi connectivity index (χ0v) is 12.8. The molecule has 3 N–H and O–H groups in total. The molecule has 5 nitrogen and oxygen atoms in total. The van der Waals surface area contributed by atoms with Gasteiger partial charge in [-0.15, -0.1) is 0 Å². The zero-order valence-electron chi connectivity index (χ0n) is 12.8. The Balaban J connectivity index is 2.82. The van der Waals surface area contributed by atoms with Crippen LogP contribution in [0.3, 0.4) is 0 Å². The summed E-state index contributed by atoms with van der Waals surface area (Å²) in [5.41, 5.74) is 0.227. The fourth-order valence-corrected chi connectivity index (χ4v) is 2.14. The molecular weight excluding hydrogens is 268 g/mol. The van der Waals surface area contributed by atoms with E-state index < -0.39 is 11.5 Å². The Kier molecular flexibility index (Phi) is 6.37. The SMILES string of the molecule is CCNC(C)(C)C(=O)NC(CCC(=O)O)c1ccccc1. The van der Waals surface area contributed by atoms with E-state index in [1.165, 1.54) is 0 Å². The van der Waals surface area contributed by atoms with E-state index in [1.807, 2.05) is 51.1 Å². The molecule has 1 amide bonds. The number of amides is 1. The summed E-state index contributed by atoms with van der Waals surface area (Å²) < 4.78 is 0. The molecule has 0 aromatic heterocycles. The van der Waals surface area contributed by atoms with Crippen LogP contribution in [0.1, 0.15) is 45.2 Å². The first kappa shape index (κ1) is 17.2.